The highest BCUT2D eigenvalue weighted by Crippen LogP contribution is 2.58. The molecule has 4 bridgehead atoms. The third-order valence-corrected chi connectivity index (χ3v) is 7.61. The number of phenolic OH excluding ortho intramolecular Hbond substituents is 1. The maximum atomic E-state index is 10.2. The van der Waals surface area contributed by atoms with E-state index >= 15 is 0 Å². The molecule has 25 heavy (non-hydrogen) atoms. The molecule has 4 heteroatoms. The molecule has 132 valence electrons. The molecule has 0 spiro atoms. The van der Waals surface area contributed by atoms with Crippen LogP contribution < -0.4 is 0 Å². The molecular formula is C21H27N2O2+. The molecule has 4 aliphatic rings. The number of quaternary nitrogens is 1. The van der Waals surface area contributed by atoms with E-state index in [2.05, 4.69) is 31.7 Å². The highest BCUT2D eigenvalue weighted by Gasteiger charge is 2.61. The number of piperidine rings is 3. The fourth-order valence-electron chi connectivity index (χ4n) is 6.44. The van der Waals surface area contributed by atoms with Crippen molar-refractivity contribution < 1.29 is 14.7 Å². The minimum absolute atomic E-state index is 0.276. The number of aromatic hydroxyl groups is 1. The summed E-state index contributed by atoms with van der Waals surface area (Å²) >= 11 is 0. The quantitative estimate of drug-likeness (QED) is 0.620. The standard InChI is InChI=1S/C21H26N2O2/c1-4-12-10-23(3)19-9-16-15-7-13(25)5-6-18(15)22(2)21(16)20(23)8-14(12)17(19)11-24/h4-7,14,17,19-20,24H,8-11H2,1-3H3/p+1/t14-,17?,19+,20+,23?/m1/s1. The largest absolute Gasteiger partial charge is 0.508 e. The van der Waals surface area contributed by atoms with Gasteiger partial charge in [0.25, 0.3) is 0 Å². The van der Waals surface area contributed by atoms with Crippen LogP contribution in [0.1, 0.15) is 30.6 Å². The first-order valence-corrected chi connectivity index (χ1v) is 9.40. The number of nitrogens with zero attached hydrogens (tertiary/aromatic N) is 2. The van der Waals surface area contributed by atoms with Gasteiger partial charge in [0.15, 0.2) is 0 Å². The van der Waals surface area contributed by atoms with E-state index in [-0.39, 0.29) is 6.61 Å². The van der Waals surface area contributed by atoms with Gasteiger partial charge in [-0.25, -0.2) is 0 Å². The molecular weight excluding hydrogens is 312 g/mol. The molecule has 5 heterocycles. The summed E-state index contributed by atoms with van der Waals surface area (Å²) in [5.74, 6) is 1.21. The van der Waals surface area contributed by atoms with E-state index < -0.39 is 0 Å². The third kappa shape index (κ3) is 1.74. The van der Waals surface area contributed by atoms with Crippen LogP contribution in [-0.4, -0.2) is 45.5 Å². The maximum Gasteiger partial charge on any atom is 0.131 e. The highest BCUT2D eigenvalue weighted by atomic mass is 16.3. The molecule has 1 aromatic heterocycles. The molecule has 2 aromatic rings. The second kappa shape index (κ2) is 4.89. The molecule has 0 radical (unpaired) electrons. The number of phenols is 1. The van der Waals surface area contributed by atoms with Crippen LogP contribution in [0.25, 0.3) is 10.9 Å². The number of hydrogen-bond donors (Lipinski definition) is 2. The summed E-state index contributed by atoms with van der Waals surface area (Å²) in [6.45, 7) is 3.54. The second-order valence-electron chi connectivity index (χ2n) is 8.47. The van der Waals surface area contributed by atoms with Gasteiger partial charge in [0.05, 0.1) is 25.4 Å². The van der Waals surface area contributed by atoms with Crippen LogP contribution >= 0.6 is 0 Å². The van der Waals surface area contributed by atoms with Crippen molar-refractivity contribution in [1.82, 2.24) is 4.57 Å². The number of fused-ring (bicyclic) bond motifs is 4. The van der Waals surface area contributed by atoms with Gasteiger partial charge < -0.3 is 19.3 Å². The summed E-state index contributed by atoms with van der Waals surface area (Å²) in [7, 11) is 4.57. The number of hydrogen-bond acceptors (Lipinski definition) is 2. The molecule has 5 atom stereocenters. The molecule has 2 unspecified atom stereocenters. The molecule has 1 aromatic carbocycles. The fraction of sp³-hybridized carbons (Fsp3) is 0.524. The summed E-state index contributed by atoms with van der Waals surface area (Å²) < 4.78 is 3.39. The van der Waals surface area contributed by atoms with Gasteiger partial charge >= 0.3 is 0 Å². The van der Waals surface area contributed by atoms with E-state index in [1.165, 1.54) is 27.7 Å². The SMILES string of the molecule is CC=C1C[N+]2(C)[C@H]3C[C@H]1C(CO)[C@@H]2Cc1c3n(C)c2ccc(O)cc12. The van der Waals surface area contributed by atoms with E-state index in [0.29, 0.717) is 29.7 Å². The minimum Gasteiger partial charge on any atom is -0.508 e. The Morgan fingerprint density at radius 2 is 2.16 bits per heavy atom. The Balaban J connectivity index is 1.77. The van der Waals surface area contributed by atoms with E-state index in [0.717, 1.165) is 23.9 Å². The molecule has 6 rings (SSSR count). The predicted molar refractivity (Wildman–Crippen MR) is 98.3 cm³/mol. The number of aryl methyl sites for hydroxylation is 1. The van der Waals surface area contributed by atoms with Gasteiger partial charge in [-0.15, -0.1) is 0 Å². The zero-order valence-corrected chi connectivity index (χ0v) is 15.2. The number of benzene rings is 1. The van der Waals surface area contributed by atoms with Crippen molar-refractivity contribution >= 4 is 10.9 Å². The minimum atomic E-state index is 0.276. The lowest BCUT2D eigenvalue weighted by Gasteiger charge is -2.63. The van der Waals surface area contributed by atoms with Crippen LogP contribution in [0.5, 0.6) is 5.75 Å². The average Bonchev–Trinajstić information content (AvgIpc) is 2.85. The van der Waals surface area contributed by atoms with Gasteiger partial charge in [0.1, 0.15) is 18.3 Å². The Bertz CT molecular complexity index is 912. The summed E-state index contributed by atoms with van der Waals surface area (Å²) in [4.78, 5) is 0. The molecule has 0 saturated carbocycles. The summed E-state index contributed by atoms with van der Waals surface area (Å²) in [5, 5.41) is 21.4. The van der Waals surface area contributed by atoms with Crippen LogP contribution in [0, 0.1) is 11.8 Å². The van der Waals surface area contributed by atoms with E-state index in [9.17, 15) is 10.2 Å². The van der Waals surface area contributed by atoms with Gasteiger partial charge in [0, 0.05) is 42.6 Å². The monoisotopic (exact) mass is 339 g/mol. The first-order chi connectivity index (χ1) is 12.0. The maximum absolute atomic E-state index is 10.2. The molecule has 4 nitrogen and oxygen atoms in total. The summed E-state index contributed by atoms with van der Waals surface area (Å²) in [6.07, 6.45) is 4.42. The summed E-state index contributed by atoms with van der Waals surface area (Å²) in [5.41, 5.74) is 5.61. The van der Waals surface area contributed by atoms with Crippen molar-refractivity contribution in [2.75, 3.05) is 20.2 Å². The lowest BCUT2D eigenvalue weighted by molar-refractivity contribution is -0.978. The van der Waals surface area contributed by atoms with Crippen molar-refractivity contribution in [1.29, 1.82) is 0 Å². The number of rotatable bonds is 1. The second-order valence-corrected chi connectivity index (χ2v) is 8.47. The smallest absolute Gasteiger partial charge is 0.131 e. The zero-order chi connectivity index (χ0) is 17.5. The van der Waals surface area contributed by atoms with Crippen molar-refractivity contribution in [3.8, 4) is 5.75 Å². The van der Waals surface area contributed by atoms with Crippen molar-refractivity contribution in [3.63, 3.8) is 0 Å². The van der Waals surface area contributed by atoms with Crippen LogP contribution in [0.2, 0.25) is 0 Å². The lowest BCUT2D eigenvalue weighted by atomic mass is 9.62. The van der Waals surface area contributed by atoms with Gasteiger partial charge in [-0.3, -0.25) is 0 Å². The first-order valence-electron chi connectivity index (χ1n) is 9.40. The van der Waals surface area contributed by atoms with E-state index in [1.54, 1.807) is 6.07 Å². The van der Waals surface area contributed by atoms with Gasteiger partial charge in [-0.1, -0.05) is 6.08 Å². The normalized spacial score (nSPS) is 37.7. The molecule has 0 amide bonds. The predicted octanol–water partition coefficient (Wildman–Crippen LogP) is 2.88. The van der Waals surface area contributed by atoms with Crippen LogP contribution in [0.15, 0.2) is 29.8 Å². The van der Waals surface area contributed by atoms with Crippen molar-refractivity contribution in [2.45, 2.75) is 31.8 Å². The summed E-state index contributed by atoms with van der Waals surface area (Å²) in [6, 6.07) is 6.72. The Morgan fingerprint density at radius 3 is 2.88 bits per heavy atom. The number of aliphatic hydroxyl groups excluding tert-OH is 1. The fourth-order valence-corrected chi connectivity index (χ4v) is 6.44. The van der Waals surface area contributed by atoms with Gasteiger partial charge in [-0.2, -0.15) is 0 Å². The van der Waals surface area contributed by atoms with E-state index in [4.69, 9.17) is 0 Å². The number of aliphatic hydroxyl groups is 1. The lowest BCUT2D eigenvalue weighted by Crippen LogP contribution is -2.70. The third-order valence-electron chi connectivity index (χ3n) is 7.61. The molecule has 2 N–H and O–H groups in total. The average molecular weight is 339 g/mol. The zero-order valence-electron chi connectivity index (χ0n) is 15.2. The van der Waals surface area contributed by atoms with Gasteiger partial charge in [0.2, 0.25) is 0 Å². The van der Waals surface area contributed by atoms with E-state index in [1.807, 2.05) is 12.1 Å². The number of aromatic nitrogens is 1. The topological polar surface area (TPSA) is 45.4 Å². The van der Waals surface area contributed by atoms with Crippen molar-refractivity contribution in [3.05, 3.63) is 41.1 Å². The van der Waals surface area contributed by atoms with Crippen molar-refractivity contribution in [2.24, 2.45) is 18.9 Å². The van der Waals surface area contributed by atoms with Gasteiger partial charge in [-0.05, 0) is 36.3 Å². The first kappa shape index (κ1) is 15.5. The molecule has 3 fully saturated rings. The van der Waals surface area contributed by atoms with Crippen LogP contribution in [0.4, 0.5) is 0 Å². The number of allylic oxidation sites excluding steroid dienone is 1. The number of likely N-dealkylation sites (N-methyl/N-ethyl adjacent to an activating group) is 1. The Kier molecular flexibility index (Phi) is 3.03. The Hall–Kier alpha value is -1.78. The van der Waals surface area contributed by atoms with Crippen LogP contribution in [-0.2, 0) is 13.5 Å². The Labute approximate surface area is 148 Å². The highest BCUT2D eigenvalue weighted by molar-refractivity contribution is 5.87. The molecule has 0 aliphatic carbocycles. The molecule has 3 saturated heterocycles. The van der Waals surface area contributed by atoms with Crippen LogP contribution in [0.3, 0.4) is 0 Å². The Morgan fingerprint density at radius 1 is 1.36 bits per heavy atom. The molecule has 4 aliphatic heterocycles.